The summed E-state index contributed by atoms with van der Waals surface area (Å²) in [5, 5.41) is 4.82. The number of nitrogens with zero attached hydrogens (tertiary/aromatic N) is 1. The minimum atomic E-state index is -1.23. The van der Waals surface area contributed by atoms with Crippen molar-refractivity contribution in [3.05, 3.63) is 35.4 Å². The highest BCUT2D eigenvalue weighted by atomic mass is 16.6. The second-order valence-corrected chi connectivity index (χ2v) is 7.81. The van der Waals surface area contributed by atoms with Gasteiger partial charge in [0.15, 0.2) is 0 Å². The third kappa shape index (κ3) is 8.01. The van der Waals surface area contributed by atoms with Crippen LogP contribution < -0.4 is 10.6 Å². The molecule has 9 nitrogen and oxygen atoms in total. The molecule has 0 radical (unpaired) electrons. The normalized spacial score (nSPS) is 12.5. The SMILES string of the molecule is C#CN(C(=O)C(C)NC(=O)OC(C)(C)C)C(C(=O)NCC(=O)OC)c1ccc(C)cc1. The number of methoxy groups -OCH3 is 1. The zero-order valence-corrected chi connectivity index (χ0v) is 18.6. The fourth-order valence-corrected chi connectivity index (χ4v) is 2.51. The van der Waals surface area contributed by atoms with Gasteiger partial charge in [-0.15, -0.1) is 0 Å². The van der Waals surface area contributed by atoms with Gasteiger partial charge in [-0.25, -0.2) is 4.79 Å². The number of rotatable bonds is 7. The summed E-state index contributed by atoms with van der Waals surface area (Å²) in [5.41, 5.74) is 0.622. The Kier molecular flexibility index (Phi) is 9.06. The van der Waals surface area contributed by atoms with Crippen molar-refractivity contribution in [2.75, 3.05) is 13.7 Å². The number of hydrogen-bond donors (Lipinski definition) is 2. The highest BCUT2D eigenvalue weighted by molar-refractivity contribution is 5.94. The zero-order chi connectivity index (χ0) is 23.8. The maximum absolute atomic E-state index is 13.0. The van der Waals surface area contributed by atoms with E-state index in [-0.39, 0.29) is 0 Å². The minimum Gasteiger partial charge on any atom is -0.468 e. The molecule has 0 aliphatic rings. The lowest BCUT2D eigenvalue weighted by Crippen LogP contribution is -2.50. The van der Waals surface area contributed by atoms with Gasteiger partial charge < -0.3 is 20.1 Å². The summed E-state index contributed by atoms with van der Waals surface area (Å²) in [6.07, 6.45) is 4.77. The van der Waals surface area contributed by atoms with Crippen LogP contribution in [0.25, 0.3) is 0 Å². The number of esters is 1. The summed E-state index contributed by atoms with van der Waals surface area (Å²) in [4.78, 5) is 50.2. The van der Waals surface area contributed by atoms with Crippen LogP contribution in [0.15, 0.2) is 24.3 Å². The topological polar surface area (TPSA) is 114 Å². The first-order valence-corrected chi connectivity index (χ1v) is 9.59. The van der Waals surface area contributed by atoms with Gasteiger partial charge in [0.1, 0.15) is 24.2 Å². The molecule has 3 amide bonds. The Labute approximate surface area is 182 Å². The summed E-state index contributed by atoms with van der Waals surface area (Å²) in [6.45, 7) is 7.96. The molecule has 0 aromatic heterocycles. The van der Waals surface area contributed by atoms with Crippen molar-refractivity contribution >= 4 is 23.9 Å². The van der Waals surface area contributed by atoms with Crippen LogP contribution in [0, 0.1) is 19.4 Å². The van der Waals surface area contributed by atoms with E-state index >= 15 is 0 Å². The predicted octanol–water partition coefficient (Wildman–Crippen LogP) is 1.66. The van der Waals surface area contributed by atoms with E-state index in [9.17, 15) is 19.2 Å². The molecule has 1 aromatic rings. The first-order chi connectivity index (χ1) is 14.4. The number of alkyl carbamates (subject to hydrolysis) is 1. The molecular weight excluding hydrogens is 402 g/mol. The van der Waals surface area contributed by atoms with Gasteiger partial charge in [0.25, 0.3) is 5.91 Å². The summed E-state index contributed by atoms with van der Waals surface area (Å²) in [7, 11) is 1.19. The monoisotopic (exact) mass is 431 g/mol. The lowest BCUT2D eigenvalue weighted by Gasteiger charge is -2.29. The smallest absolute Gasteiger partial charge is 0.408 e. The lowest BCUT2D eigenvalue weighted by atomic mass is 10.0. The van der Waals surface area contributed by atoms with Crippen LogP contribution in [0.3, 0.4) is 0 Å². The predicted molar refractivity (Wildman–Crippen MR) is 113 cm³/mol. The Hall–Kier alpha value is -3.54. The van der Waals surface area contributed by atoms with Crippen molar-refractivity contribution < 1.29 is 28.7 Å². The van der Waals surface area contributed by atoms with Crippen LogP contribution in [0.1, 0.15) is 44.9 Å². The standard InChI is InChI=1S/C22H29N3O6/c1-8-25(20(28)15(3)24-21(29)31-22(4,5)6)18(16-11-9-14(2)10-12-16)19(27)23-13-17(26)30-7/h1,9-12,15,18H,13H2,2-7H3,(H,23,27)(H,24,29). The Morgan fingerprint density at radius 3 is 2.23 bits per heavy atom. The van der Waals surface area contributed by atoms with Gasteiger partial charge in [-0.2, -0.15) is 0 Å². The van der Waals surface area contributed by atoms with Crippen LogP contribution in [0.4, 0.5) is 4.79 Å². The molecule has 2 atom stereocenters. The maximum atomic E-state index is 13.0. The molecule has 0 heterocycles. The number of nitrogens with one attached hydrogen (secondary N) is 2. The first kappa shape index (κ1) is 25.5. The Morgan fingerprint density at radius 2 is 1.74 bits per heavy atom. The van der Waals surface area contributed by atoms with Crippen LogP contribution >= 0.6 is 0 Å². The lowest BCUT2D eigenvalue weighted by molar-refractivity contribution is -0.142. The van der Waals surface area contributed by atoms with E-state index in [1.807, 2.05) is 6.92 Å². The minimum absolute atomic E-state index is 0.393. The molecule has 0 spiro atoms. The molecule has 2 unspecified atom stereocenters. The molecule has 1 aromatic carbocycles. The Bertz CT molecular complexity index is 851. The molecule has 1 rings (SSSR count). The summed E-state index contributed by atoms with van der Waals surface area (Å²) < 4.78 is 9.67. The molecule has 168 valence electrons. The summed E-state index contributed by atoms with van der Waals surface area (Å²) in [5.74, 6) is -2.04. The number of ether oxygens (including phenoxy) is 2. The van der Waals surface area contributed by atoms with E-state index < -0.39 is 48.1 Å². The third-order valence-corrected chi connectivity index (χ3v) is 4.01. The van der Waals surface area contributed by atoms with E-state index in [1.54, 1.807) is 45.0 Å². The molecule has 0 bridgehead atoms. The van der Waals surface area contributed by atoms with Crippen molar-refractivity contribution in [1.29, 1.82) is 0 Å². The molecule has 0 aliphatic heterocycles. The quantitative estimate of drug-likeness (QED) is 0.386. The Morgan fingerprint density at radius 1 is 1.16 bits per heavy atom. The van der Waals surface area contributed by atoms with E-state index in [0.29, 0.717) is 5.56 Å². The van der Waals surface area contributed by atoms with Crippen molar-refractivity contribution in [2.45, 2.75) is 52.3 Å². The highest BCUT2D eigenvalue weighted by Gasteiger charge is 2.34. The van der Waals surface area contributed by atoms with Crippen molar-refractivity contribution in [2.24, 2.45) is 0 Å². The van der Waals surface area contributed by atoms with E-state index in [0.717, 1.165) is 10.5 Å². The molecule has 0 aliphatic carbocycles. The van der Waals surface area contributed by atoms with Crippen LogP contribution in [-0.2, 0) is 23.9 Å². The van der Waals surface area contributed by atoms with Gasteiger partial charge in [-0.3, -0.25) is 19.3 Å². The fourth-order valence-electron chi connectivity index (χ4n) is 2.51. The third-order valence-electron chi connectivity index (χ3n) is 4.01. The largest absolute Gasteiger partial charge is 0.468 e. The number of terminal acetylenes is 1. The molecule has 0 saturated heterocycles. The molecule has 9 heteroatoms. The molecular formula is C22H29N3O6. The number of aryl methyl sites for hydroxylation is 1. The second kappa shape index (κ2) is 11.0. The molecule has 0 fully saturated rings. The highest BCUT2D eigenvalue weighted by Crippen LogP contribution is 2.22. The second-order valence-electron chi connectivity index (χ2n) is 7.81. The van der Waals surface area contributed by atoms with Gasteiger partial charge in [-0.05, 0) is 40.2 Å². The van der Waals surface area contributed by atoms with Gasteiger partial charge in [0, 0.05) is 6.04 Å². The number of carbonyl (C=O) groups excluding carboxylic acids is 4. The average Bonchev–Trinajstić information content (AvgIpc) is 2.68. The number of hydrogen-bond acceptors (Lipinski definition) is 6. The number of carbonyl (C=O) groups is 4. The molecule has 0 saturated carbocycles. The van der Waals surface area contributed by atoms with Crippen LogP contribution in [0.2, 0.25) is 0 Å². The van der Waals surface area contributed by atoms with Crippen LogP contribution in [0.5, 0.6) is 0 Å². The van der Waals surface area contributed by atoms with E-state index in [2.05, 4.69) is 21.4 Å². The fraction of sp³-hybridized carbons (Fsp3) is 0.455. The number of benzene rings is 1. The maximum Gasteiger partial charge on any atom is 0.408 e. The van der Waals surface area contributed by atoms with Gasteiger partial charge in [0.05, 0.1) is 7.11 Å². The van der Waals surface area contributed by atoms with Crippen LogP contribution in [-0.4, -0.2) is 54.1 Å². The first-order valence-electron chi connectivity index (χ1n) is 9.59. The Balaban J connectivity index is 3.15. The van der Waals surface area contributed by atoms with Crippen molar-refractivity contribution in [1.82, 2.24) is 15.5 Å². The van der Waals surface area contributed by atoms with Gasteiger partial charge in [0.2, 0.25) is 5.91 Å². The average molecular weight is 431 g/mol. The zero-order valence-electron chi connectivity index (χ0n) is 18.6. The molecule has 31 heavy (non-hydrogen) atoms. The number of amides is 3. The van der Waals surface area contributed by atoms with E-state index in [1.165, 1.54) is 14.0 Å². The van der Waals surface area contributed by atoms with Gasteiger partial charge >= 0.3 is 12.1 Å². The van der Waals surface area contributed by atoms with Crippen molar-refractivity contribution in [3.63, 3.8) is 0 Å². The van der Waals surface area contributed by atoms with Gasteiger partial charge in [-0.1, -0.05) is 36.3 Å². The summed E-state index contributed by atoms with van der Waals surface area (Å²) in [6, 6.07) is 6.74. The van der Waals surface area contributed by atoms with Crippen molar-refractivity contribution in [3.8, 4) is 12.5 Å². The van der Waals surface area contributed by atoms with E-state index in [4.69, 9.17) is 11.2 Å². The summed E-state index contributed by atoms with van der Waals surface area (Å²) >= 11 is 0. The molecule has 2 N–H and O–H groups in total.